The Morgan fingerprint density at radius 1 is 0.533 bits per heavy atom. The maximum atomic E-state index is 11.1. The van der Waals surface area contributed by atoms with E-state index >= 15 is 0 Å². The number of nitrogens with zero attached hydrogens (tertiary/aromatic N) is 1. The van der Waals surface area contributed by atoms with Crippen LogP contribution in [0.25, 0.3) is 0 Å². The molecule has 0 saturated heterocycles. The fourth-order valence-corrected chi connectivity index (χ4v) is 5.66. The van der Waals surface area contributed by atoms with Crippen LogP contribution in [0.15, 0.2) is 48.6 Å². The summed E-state index contributed by atoms with van der Waals surface area (Å²) in [5.74, 6) is 0. The van der Waals surface area contributed by atoms with Gasteiger partial charge in [-0.2, -0.15) is 0 Å². The number of unbranched alkanes of at least 4 members (excludes halogenated alkanes) is 19. The molecule has 0 aliphatic heterocycles. The van der Waals surface area contributed by atoms with E-state index in [9.17, 15) is 4.79 Å². The molecule has 0 bridgehead atoms. The van der Waals surface area contributed by atoms with Crippen LogP contribution in [0, 0.1) is 0 Å². The fourth-order valence-electron chi connectivity index (χ4n) is 5.66. The van der Waals surface area contributed by atoms with Crippen molar-refractivity contribution in [3.05, 3.63) is 48.6 Å². The number of rotatable bonds is 34. The van der Waals surface area contributed by atoms with Crippen LogP contribution in [0.2, 0.25) is 0 Å². The van der Waals surface area contributed by atoms with Gasteiger partial charge in [0.15, 0.2) is 0 Å². The van der Waals surface area contributed by atoms with Gasteiger partial charge in [-0.15, -0.1) is 0 Å². The minimum Gasteiger partial charge on any atom is -0.450 e. The molecule has 0 aromatic rings. The van der Waals surface area contributed by atoms with Gasteiger partial charge in [-0.3, -0.25) is 0 Å². The van der Waals surface area contributed by atoms with Gasteiger partial charge in [-0.1, -0.05) is 133 Å². The van der Waals surface area contributed by atoms with Crippen molar-refractivity contribution in [2.75, 3.05) is 20.6 Å². The topological polar surface area (TPSA) is 49.8 Å². The highest BCUT2D eigenvalue weighted by Gasteiger charge is 2.13. The van der Waals surface area contributed by atoms with Crippen LogP contribution in [-0.2, 0) is 4.74 Å². The molecule has 0 aromatic heterocycles. The van der Waals surface area contributed by atoms with E-state index in [2.05, 4.69) is 74.5 Å². The molecule has 4 nitrogen and oxygen atoms in total. The highest BCUT2D eigenvalue weighted by Crippen LogP contribution is 2.17. The van der Waals surface area contributed by atoms with Gasteiger partial charge in [0.2, 0.25) is 0 Å². The van der Waals surface area contributed by atoms with E-state index in [1.807, 2.05) is 0 Å². The summed E-state index contributed by atoms with van der Waals surface area (Å²) in [5, 5.41) is 9.14. The predicted molar refractivity (Wildman–Crippen MR) is 198 cm³/mol. The average molecular weight is 630 g/mol. The Hall–Kier alpha value is -1.81. The molecule has 0 rings (SSSR count). The standard InChI is InChI=1S/C41H75NO3/c1-4-5-6-7-8-9-10-11-16-19-22-25-28-31-34-37-40(45-41(43)44)38-35-32-29-26-23-20-17-14-12-13-15-18-21-24-27-30-33-36-39-42(2)3/h8-9,11,13-17,40H,4-7,10,12,18-39H2,1-3H3,(H,43,44)/b9-8-,15-13-,16-11-,17-14-. The number of carboxylic acid groups (broad SMARTS) is 1. The molecular weight excluding hydrogens is 554 g/mol. The number of hydrogen-bond donors (Lipinski definition) is 1. The van der Waals surface area contributed by atoms with Crippen LogP contribution in [0.4, 0.5) is 4.79 Å². The van der Waals surface area contributed by atoms with Gasteiger partial charge in [0, 0.05) is 0 Å². The molecule has 0 amide bonds. The molecule has 1 N–H and O–H groups in total. The molecule has 45 heavy (non-hydrogen) atoms. The van der Waals surface area contributed by atoms with E-state index in [1.165, 1.54) is 141 Å². The lowest BCUT2D eigenvalue weighted by molar-refractivity contribution is 0.0422. The molecule has 0 spiro atoms. The average Bonchev–Trinajstić information content (AvgIpc) is 3.01. The third-order valence-electron chi connectivity index (χ3n) is 8.47. The summed E-state index contributed by atoms with van der Waals surface area (Å²) < 4.78 is 5.20. The molecule has 4 heteroatoms. The van der Waals surface area contributed by atoms with Crippen molar-refractivity contribution in [3.63, 3.8) is 0 Å². The molecule has 0 aromatic carbocycles. The zero-order chi connectivity index (χ0) is 32.9. The van der Waals surface area contributed by atoms with Gasteiger partial charge in [-0.05, 0) is 117 Å². The first-order chi connectivity index (χ1) is 22.1. The van der Waals surface area contributed by atoms with Gasteiger partial charge in [0.05, 0.1) is 0 Å². The first-order valence-electron chi connectivity index (χ1n) is 19.2. The van der Waals surface area contributed by atoms with Crippen LogP contribution < -0.4 is 0 Å². The van der Waals surface area contributed by atoms with Gasteiger partial charge in [0.25, 0.3) is 0 Å². The van der Waals surface area contributed by atoms with Crippen molar-refractivity contribution in [1.29, 1.82) is 0 Å². The quantitative estimate of drug-likeness (QED) is 0.0437. The second-order valence-corrected chi connectivity index (χ2v) is 13.3. The fraction of sp³-hybridized carbons (Fsp3) is 0.780. The summed E-state index contributed by atoms with van der Waals surface area (Å²) in [6.45, 7) is 3.47. The molecule has 1 atom stereocenters. The van der Waals surface area contributed by atoms with E-state index in [0.29, 0.717) is 0 Å². The Balaban J connectivity index is 3.62. The summed E-state index contributed by atoms with van der Waals surface area (Å²) >= 11 is 0. The number of hydrogen-bond acceptors (Lipinski definition) is 3. The maximum absolute atomic E-state index is 11.1. The Morgan fingerprint density at radius 3 is 1.27 bits per heavy atom. The van der Waals surface area contributed by atoms with Crippen molar-refractivity contribution < 1.29 is 14.6 Å². The molecular formula is C41H75NO3. The van der Waals surface area contributed by atoms with Gasteiger partial charge in [-0.25, -0.2) is 4.79 Å². The SMILES string of the molecule is CCCCC/C=C\C/C=C\CCCCCCCC(CCCCCCC/C=C\C/C=C\CCCCCCCCN(C)C)OC(=O)O. The number of allylic oxidation sites excluding steroid dienone is 8. The van der Waals surface area contributed by atoms with Crippen molar-refractivity contribution in [3.8, 4) is 0 Å². The second-order valence-electron chi connectivity index (χ2n) is 13.3. The number of carbonyl (C=O) groups is 1. The zero-order valence-corrected chi connectivity index (χ0v) is 30.2. The summed E-state index contributed by atoms with van der Waals surface area (Å²) in [6.07, 6.45) is 50.0. The Kier molecular flexibility index (Phi) is 35.2. The summed E-state index contributed by atoms with van der Waals surface area (Å²) in [5.41, 5.74) is 0. The lowest BCUT2D eigenvalue weighted by Crippen LogP contribution is -2.16. The predicted octanol–water partition coefficient (Wildman–Crippen LogP) is 13.4. The summed E-state index contributed by atoms with van der Waals surface area (Å²) in [4.78, 5) is 13.4. The van der Waals surface area contributed by atoms with Crippen molar-refractivity contribution >= 4 is 6.16 Å². The minimum atomic E-state index is -1.12. The smallest absolute Gasteiger partial charge is 0.450 e. The van der Waals surface area contributed by atoms with Gasteiger partial charge < -0.3 is 14.7 Å². The Labute approximate surface area is 280 Å². The van der Waals surface area contributed by atoms with E-state index in [4.69, 9.17) is 9.84 Å². The first-order valence-corrected chi connectivity index (χ1v) is 19.2. The molecule has 0 aliphatic carbocycles. The van der Waals surface area contributed by atoms with Crippen molar-refractivity contribution in [2.24, 2.45) is 0 Å². The highest BCUT2D eigenvalue weighted by atomic mass is 16.7. The Morgan fingerprint density at radius 2 is 0.889 bits per heavy atom. The normalized spacial score (nSPS) is 13.0. The number of ether oxygens (including phenoxy) is 1. The van der Waals surface area contributed by atoms with E-state index < -0.39 is 6.16 Å². The van der Waals surface area contributed by atoms with Crippen LogP contribution >= 0.6 is 0 Å². The monoisotopic (exact) mass is 630 g/mol. The Bertz CT molecular complexity index is 724. The molecule has 262 valence electrons. The van der Waals surface area contributed by atoms with Crippen molar-refractivity contribution in [2.45, 2.75) is 186 Å². The lowest BCUT2D eigenvalue weighted by Gasteiger charge is -2.15. The summed E-state index contributed by atoms with van der Waals surface area (Å²) in [7, 11) is 4.31. The van der Waals surface area contributed by atoms with E-state index in [0.717, 1.165) is 38.5 Å². The molecule has 0 aliphatic rings. The third-order valence-corrected chi connectivity index (χ3v) is 8.47. The molecule has 0 saturated carbocycles. The van der Waals surface area contributed by atoms with Gasteiger partial charge in [0.1, 0.15) is 6.10 Å². The highest BCUT2D eigenvalue weighted by molar-refractivity contribution is 5.57. The lowest BCUT2D eigenvalue weighted by atomic mass is 10.0. The molecule has 0 radical (unpaired) electrons. The van der Waals surface area contributed by atoms with Crippen LogP contribution in [-0.4, -0.2) is 42.9 Å². The van der Waals surface area contributed by atoms with Crippen LogP contribution in [0.5, 0.6) is 0 Å². The van der Waals surface area contributed by atoms with E-state index in [1.54, 1.807) is 0 Å². The second kappa shape index (κ2) is 36.7. The first kappa shape index (κ1) is 43.2. The molecule has 1 unspecified atom stereocenters. The third kappa shape index (κ3) is 38.3. The van der Waals surface area contributed by atoms with Crippen LogP contribution in [0.1, 0.15) is 180 Å². The largest absolute Gasteiger partial charge is 0.506 e. The molecule has 0 fully saturated rings. The van der Waals surface area contributed by atoms with Crippen LogP contribution in [0.3, 0.4) is 0 Å². The summed E-state index contributed by atoms with van der Waals surface area (Å²) in [6, 6.07) is 0. The van der Waals surface area contributed by atoms with Crippen molar-refractivity contribution in [1.82, 2.24) is 4.90 Å². The van der Waals surface area contributed by atoms with Gasteiger partial charge >= 0.3 is 6.16 Å². The maximum Gasteiger partial charge on any atom is 0.506 e. The molecule has 0 heterocycles. The minimum absolute atomic E-state index is 0.130. The zero-order valence-electron chi connectivity index (χ0n) is 30.2. The van der Waals surface area contributed by atoms with E-state index in [-0.39, 0.29) is 6.10 Å².